The van der Waals surface area contributed by atoms with Gasteiger partial charge in [0, 0.05) is 26.2 Å². The summed E-state index contributed by atoms with van der Waals surface area (Å²) >= 11 is 0. The third-order valence-corrected chi connectivity index (χ3v) is 8.48. The van der Waals surface area contributed by atoms with Crippen molar-refractivity contribution < 1.29 is 29.0 Å². The lowest BCUT2D eigenvalue weighted by molar-refractivity contribution is -0.162. The van der Waals surface area contributed by atoms with Gasteiger partial charge in [-0.25, -0.2) is 0 Å². The summed E-state index contributed by atoms with van der Waals surface area (Å²) in [5.41, 5.74) is -1.83. The fraction of sp³-hybridized carbons (Fsp3) is 0.759. The highest BCUT2D eigenvalue weighted by Crippen LogP contribution is 2.64. The molecular formula is C29H46N2O6. The van der Waals surface area contributed by atoms with Crippen LogP contribution in [0.25, 0.3) is 0 Å². The van der Waals surface area contributed by atoms with Crippen molar-refractivity contribution in [2.45, 2.75) is 95.3 Å². The molecule has 3 aliphatic rings. The van der Waals surface area contributed by atoms with Crippen LogP contribution in [-0.4, -0.2) is 82.8 Å². The molecule has 0 aliphatic carbocycles. The molecule has 37 heavy (non-hydrogen) atoms. The highest BCUT2D eigenvalue weighted by atomic mass is 16.6. The molecule has 5 atom stereocenters. The molecule has 1 spiro atoms. The number of rotatable bonds is 17. The van der Waals surface area contributed by atoms with Gasteiger partial charge in [0.25, 0.3) is 0 Å². The Hall–Kier alpha value is -2.19. The summed E-state index contributed by atoms with van der Waals surface area (Å²) in [7, 11) is 0. The van der Waals surface area contributed by atoms with E-state index < -0.39 is 35.0 Å². The number of hydrogen-bond donors (Lipinski definition) is 1. The first-order valence-electron chi connectivity index (χ1n) is 14.2. The van der Waals surface area contributed by atoms with Crippen molar-refractivity contribution in [1.29, 1.82) is 0 Å². The number of amides is 2. The van der Waals surface area contributed by atoms with Gasteiger partial charge in [-0.2, -0.15) is 0 Å². The average Bonchev–Trinajstić information content (AvgIpc) is 3.49. The van der Waals surface area contributed by atoms with E-state index in [1.54, 1.807) is 22.0 Å². The number of aliphatic hydroxyl groups excluding tert-OH is 1. The highest BCUT2D eigenvalue weighted by molar-refractivity contribution is 5.98. The maximum atomic E-state index is 14.2. The molecule has 1 N–H and O–H groups in total. The molecule has 8 nitrogen and oxygen atoms in total. The molecule has 3 saturated heterocycles. The number of likely N-dealkylation sites (tertiary alicyclic amines) is 1. The van der Waals surface area contributed by atoms with E-state index in [-0.39, 0.29) is 25.0 Å². The number of carbonyl (C=O) groups excluding carboxylic acids is 3. The minimum atomic E-state index is -1.03. The van der Waals surface area contributed by atoms with Crippen molar-refractivity contribution in [3.05, 3.63) is 25.3 Å². The molecular weight excluding hydrogens is 472 g/mol. The average molecular weight is 519 g/mol. The number of nitrogens with zero attached hydrogens (tertiary/aromatic N) is 2. The normalized spacial score (nSPS) is 29.9. The van der Waals surface area contributed by atoms with Gasteiger partial charge in [-0.15, -0.1) is 13.2 Å². The number of fused-ring (bicyclic) bond motifs is 1. The lowest BCUT2D eigenvalue weighted by Gasteiger charge is -2.37. The molecule has 8 heteroatoms. The molecule has 2 bridgehead atoms. The van der Waals surface area contributed by atoms with E-state index in [9.17, 15) is 19.5 Å². The van der Waals surface area contributed by atoms with Crippen LogP contribution in [0.5, 0.6) is 0 Å². The lowest BCUT2D eigenvalue weighted by Crippen LogP contribution is -2.56. The summed E-state index contributed by atoms with van der Waals surface area (Å²) in [4.78, 5) is 45.2. The van der Waals surface area contributed by atoms with Gasteiger partial charge in [-0.3, -0.25) is 14.4 Å². The van der Waals surface area contributed by atoms with Gasteiger partial charge in [-0.05, 0) is 51.4 Å². The zero-order valence-electron chi connectivity index (χ0n) is 22.8. The first kappa shape index (κ1) is 29.4. The molecule has 0 aromatic heterocycles. The number of esters is 1. The second-order valence-electron chi connectivity index (χ2n) is 10.7. The van der Waals surface area contributed by atoms with Gasteiger partial charge in [0.2, 0.25) is 11.8 Å². The molecule has 3 fully saturated rings. The van der Waals surface area contributed by atoms with Crippen molar-refractivity contribution in [3.8, 4) is 0 Å². The summed E-state index contributed by atoms with van der Waals surface area (Å²) in [6.45, 7) is 13.3. The first-order chi connectivity index (χ1) is 17.9. The summed E-state index contributed by atoms with van der Waals surface area (Å²) in [5, 5.41) is 9.21. The topological polar surface area (TPSA) is 96.4 Å². The van der Waals surface area contributed by atoms with E-state index in [0.29, 0.717) is 58.2 Å². The fourth-order valence-corrected chi connectivity index (χ4v) is 6.67. The monoisotopic (exact) mass is 518 g/mol. The number of hydrogen-bond acceptors (Lipinski definition) is 6. The minimum Gasteiger partial charge on any atom is -0.465 e. The second-order valence-corrected chi connectivity index (χ2v) is 10.7. The summed E-state index contributed by atoms with van der Waals surface area (Å²) in [5.74, 6) is -2.18. The third kappa shape index (κ3) is 5.51. The highest BCUT2D eigenvalue weighted by Gasteiger charge is 2.79. The van der Waals surface area contributed by atoms with Gasteiger partial charge >= 0.3 is 5.97 Å². The van der Waals surface area contributed by atoms with Crippen molar-refractivity contribution in [2.75, 3.05) is 32.8 Å². The molecule has 2 amide bonds. The Morgan fingerprint density at radius 2 is 1.95 bits per heavy atom. The zero-order chi connectivity index (χ0) is 27.1. The van der Waals surface area contributed by atoms with E-state index >= 15 is 0 Å². The van der Waals surface area contributed by atoms with Crippen LogP contribution in [0.1, 0.15) is 78.1 Å². The number of ether oxygens (including phenoxy) is 2. The summed E-state index contributed by atoms with van der Waals surface area (Å²) in [6.07, 6.45) is 10.7. The van der Waals surface area contributed by atoms with Crippen LogP contribution in [0.3, 0.4) is 0 Å². The lowest BCUT2D eigenvalue weighted by atomic mass is 9.65. The maximum absolute atomic E-state index is 14.2. The van der Waals surface area contributed by atoms with Crippen LogP contribution in [0, 0.1) is 11.8 Å². The molecule has 0 aromatic rings. The Bertz CT molecular complexity index is 846. The molecule has 3 rings (SSSR count). The number of carbonyl (C=O) groups is 3. The van der Waals surface area contributed by atoms with Crippen molar-refractivity contribution in [2.24, 2.45) is 11.8 Å². The van der Waals surface area contributed by atoms with E-state index in [0.717, 1.165) is 25.7 Å². The zero-order valence-corrected chi connectivity index (χ0v) is 22.8. The number of unbranched alkanes of at least 4 members (excludes halogenated alkanes) is 4. The van der Waals surface area contributed by atoms with E-state index in [2.05, 4.69) is 20.1 Å². The third-order valence-electron chi connectivity index (χ3n) is 8.48. The van der Waals surface area contributed by atoms with Gasteiger partial charge in [-0.1, -0.05) is 38.8 Å². The van der Waals surface area contributed by atoms with Crippen LogP contribution in [0.15, 0.2) is 25.3 Å². The first-order valence-corrected chi connectivity index (χ1v) is 14.2. The van der Waals surface area contributed by atoms with Gasteiger partial charge in [0.05, 0.1) is 18.1 Å². The largest absolute Gasteiger partial charge is 0.465 e. The van der Waals surface area contributed by atoms with Crippen molar-refractivity contribution >= 4 is 17.8 Å². The Balaban J connectivity index is 1.98. The maximum Gasteiger partial charge on any atom is 0.312 e. The fourth-order valence-electron chi connectivity index (χ4n) is 6.67. The molecule has 3 heterocycles. The molecule has 3 aliphatic heterocycles. The van der Waals surface area contributed by atoms with Crippen LogP contribution >= 0.6 is 0 Å². The summed E-state index contributed by atoms with van der Waals surface area (Å²) in [6, 6.07) is -0.778. The van der Waals surface area contributed by atoms with Crippen molar-refractivity contribution in [3.63, 3.8) is 0 Å². The number of aliphatic hydroxyl groups is 1. The Morgan fingerprint density at radius 3 is 2.59 bits per heavy atom. The quantitative estimate of drug-likeness (QED) is 0.179. The molecule has 208 valence electrons. The van der Waals surface area contributed by atoms with Crippen LogP contribution in [0.2, 0.25) is 0 Å². The molecule has 2 unspecified atom stereocenters. The Labute approximate surface area is 222 Å². The minimum absolute atomic E-state index is 0.0914. The molecule has 0 aromatic carbocycles. The standard InChI is InChI=1S/C29H46N2O6/c1-5-9-12-18-30(17-7-3)26(34)24-29-16-15-28(8-4,37-29)23(27(35)36-21-10-6-2)22(29)25(33)31(24)19-13-11-14-20-32/h6-7,22-24,32H,2-3,5,8-21H2,1,4H3/t22-,23+,24?,28-,29?/m0/s1. The Morgan fingerprint density at radius 1 is 1.16 bits per heavy atom. The van der Waals surface area contributed by atoms with Gasteiger partial charge in [0.1, 0.15) is 17.6 Å². The van der Waals surface area contributed by atoms with Gasteiger partial charge in [0.15, 0.2) is 0 Å². The molecule has 0 saturated carbocycles. The predicted molar refractivity (Wildman–Crippen MR) is 142 cm³/mol. The SMILES string of the molecule is C=CCCOC(=O)[C@H]1[C@H]2C(=O)N(CCCCCO)C(C(=O)N(CC=C)CCCCC)C23CC[C@]1(CC)O3. The van der Waals surface area contributed by atoms with Gasteiger partial charge < -0.3 is 24.4 Å². The Kier molecular flexibility index (Phi) is 10.4. The van der Waals surface area contributed by atoms with E-state index in [1.807, 2.05) is 6.92 Å². The van der Waals surface area contributed by atoms with Crippen LogP contribution in [0.4, 0.5) is 0 Å². The van der Waals surface area contributed by atoms with Crippen molar-refractivity contribution in [1.82, 2.24) is 9.80 Å². The molecule has 0 radical (unpaired) electrons. The van der Waals surface area contributed by atoms with E-state index in [1.165, 1.54) is 0 Å². The predicted octanol–water partition coefficient (Wildman–Crippen LogP) is 3.63. The smallest absolute Gasteiger partial charge is 0.312 e. The van der Waals surface area contributed by atoms with E-state index in [4.69, 9.17) is 9.47 Å². The van der Waals surface area contributed by atoms with Crippen LogP contribution < -0.4 is 0 Å². The van der Waals surface area contributed by atoms with Crippen LogP contribution in [-0.2, 0) is 23.9 Å². The second kappa shape index (κ2) is 13.1. The summed E-state index contributed by atoms with van der Waals surface area (Å²) < 4.78 is 12.4.